The quantitative estimate of drug-likeness (QED) is 0.479. The second-order valence-electron chi connectivity index (χ2n) is 2.84. The lowest BCUT2D eigenvalue weighted by Crippen LogP contribution is -2.07. The van der Waals surface area contributed by atoms with E-state index in [9.17, 15) is 20.0 Å². The van der Waals surface area contributed by atoms with Gasteiger partial charge in [-0.1, -0.05) is 22.9 Å². The van der Waals surface area contributed by atoms with E-state index in [2.05, 4.69) is 15.9 Å². The minimum absolute atomic E-state index is 0.140. The van der Waals surface area contributed by atoms with Crippen molar-refractivity contribution in [2.45, 2.75) is 13.3 Å². The third-order valence-corrected chi connectivity index (χ3v) is 2.31. The summed E-state index contributed by atoms with van der Waals surface area (Å²) in [5, 5.41) is 22.0. The van der Waals surface area contributed by atoms with Gasteiger partial charge < -0.3 is 5.11 Å². The number of Topliss-reactive ketones (excluding diaryl/α,β-unsaturated/α-hetero) is 1. The molecule has 0 saturated heterocycles. The zero-order valence-electron chi connectivity index (χ0n) is 7.82. The van der Waals surface area contributed by atoms with Crippen molar-refractivity contribution in [3.05, 3.63) is 32.3 Å². The molecule has 0 bridgehead atoms. The maximum atomic E-state index is 11.5. The highest BCUT2D eigenvalue weighted by Crippen LogP contribution is 2.31. The molecule has 80 valence electrons. The molecule has 0 heterocycles. The second kappa shape index (κ2) is 4.39. The van der Waals surface area contributed by atoms with E-state index in [-0.39, 0.29) is 12.0 Å². The monoisotopic (exact) mass is 272 g/mol. The molecule has 1 aromatic rings. The van der Waals surface area contributed by atoms with Crippen LogP contribution in [0, 0.1) is 10.1 Å². The molecule has 0 radical (unpaired) electrons. The van der Waals surface area contributed by atoms with Crippen LogP contribution in [0.2, 0.25) is 0 Å². The van der Waals surface area contributed by atoms with Gasteiger partial charge in [0.1, 0.15) is 0 Å². The van der Waals surface area contributed by atoms with Gasteiger partial charge in [-0.05, 0) is 11.8 Å². The Balaban J connectivity index is 3.41. The number of rotatable bonds is 3. The van der Waals surface area contributed by atoms with Gasteiger partial charge in [0.25, 0.3) is 5.69 Å². The van der Waals surface area contributed by atoms with Crippen molar-refractivity contribution < 1.29 is 14.8 Å². The summed E-state index contributed by atoms with van der Waals surface area (Å²) in [6.07, 6.45) is 0.142. The Kier molecular flexibility index (Phi) is 3.41. The zero-order valence-corrected chi connectivity index (χ0v) is 9.41. The standard InChI is InChI=1S/C9H8BrNO4/c1-2-8(12)6-3-5(10)4-7(9(6)13)11(14)15/h3-4,13H,2H2,1H3/p-1. The van der Waals surface area contributed by atoms with Crippen molar-refractivity contribution in [1.82, 2.24) is 0 Å². The molecule has 1 rings (SSSR count). The number of hydrogen-bond donors (Lipinski definition) is 0. The fourth-order valence-corrected chi connectivity index (χ4v) is 1.56. The molecule has 0 atom stereocenters. The number of nitro benzene ring substituents is 1. The van der Waals surface area contributed by atoms with Crippen LogP contribution in [0.1, 0.15) is 23.7 Å². The smallest absolute Gasteiger partial charge is 0.263 e. The molecule has 0 amide bonds. The van der Waals surface area contributed by atoms with Gasteiger partial charge in [-0.15, -0.1) is 0 Å². The minimum atomic E-state index is -0.824. The van der Waals surface area contributed by atoms with Crippen LogP contribution in [-0.2, 0) is 0 Å². The molecular weight excluding hydrogens is 266 g/mol. The number of benzene rings is 1. The lowest BCUT2D eigenvalue weighted by molar-refractivity contribution is -0.398. The van der Waals surface area contributed by atoms with Gasteiger partial charge in [0, 0.05) is 22.5 Å². The van der Waals surface area contributed by atoms with Crippen LogP contribution < -0.4 is 5.11 Å². The fraction of sp³-hybridized carbons (Fsp3) is 0.222. The third kappa shape index (κ3) is 2.33. The first kappa shape index (κ1) is 11.6. The van der Waals surface area contributed by atoms with E-state index >= 15 is 0 Å². The number of hydrogen-bond acceptors (Lipinski definition) is 4. The predicted molar refractivity (Wildman–Crippen MR) is 54.9 cm³/mol. The Morgan fingerprint density at radius 2 is 2.13 bits per heavy atom. The Hall–Kier alpha value is -1.43. The normalized spacial score (nSPS) is 10.0. The summed E-state index contributed by atoms with van der Waals surface area (Å²) in [6, 6.07) is 2.40. The van der Waals surface area contributed by atoms with Crippen LogP contribution >= 0.6 is 15.9 Å². The summed E-state index contributed by atoms with van der Waals surface area (Å²) >= 11 is 3.02. The van der Waals surface area contributed by atoms with E-state index in [0.717, 1.165) is 6.07 Å². The largest absolute Gasteiger partial charge is 0.867 e. The summed E-state index contributed by atoms with van der Waals surface area (Å²) in [6.45, 7) is 1.59. The number of nitro groups is 1. The topological polar surface area (TPSA) is 83.3 Å². The molecule has 0 unspecified atom stereocenters. The Labute approximate surface area is 94.0 Å². The van der Waals surface area contributed by atoms with Crippen molar-refractivity contribution in [3.63, 3.8) is 0 Å². The van der Waals surface area contributed by atoms with E-state index < -0.39 is 22.1 Å². The summed E-state index contributed by atoms with van der Waals surface area (Å²) in [5.41, 5.74) is -0.722. The van der Waals surface area contributed by atoms with Crippen LogP contribution in [0.5, 0.6) is 5.75 Å². The summed E-state index contributed by atoms with van der Waals surface area (Å²) < 4.78 is 0.352. The molecule has 0 aliphatic heterocycles. The van der Waals surface area contributed by atoms with Crippen molar-refractivity contribution in [2.75, 3.05) is 0 Å². The van der Waals surface area contributed by atoms with Gasteiger partial charge in [0.05, 0.1) is 4.92 Å². The molecular formula is C9H7BrNO4-. The van der Waals surface area contributed by atoms with Crippen molar-refractivity contribution >= 4 is 27.4 Å². The molecule has 0 N–H and O–H groups in total. The van der Waals surface area contributed by atoms with Crippen LogP contribution in [0.15, 0.2) is 16.6 Å². The Morgan fingerprint density at radius 3 is 2.60 bits per heavy atom. The summed E-state index contributed by atoms with van der Waals surface area (Å²) in [4.78, 5) is 21.0. The van der Waals surface area contributed by atoms with Gasteiger partial charge in [0.15, 0.2) is 5.78 Å². The Bertz CT molecular complexity index is 430. The van der Waals surface area contributed by atoms with Crippen LogP contribution in [0.3, 0.4) is 0 Å². The number of nitrogens with zero attached hydrogens (tertiary/aromatic N) is 1. The van der Waals surface area contributed by atoms with E-state index in [1.54, 1.807) is 6.92 Å². The highest BCUT2D eigenvalue weighted by atomic mass is 79.9. The van der Waals surface area contributed by atoms with Crippen molar-refractivity contribution in [1.29, 1.82) is 0 Å². The number of carbonyl (C=O) groups excluding carboxylic acids is 1. The molecule has 0 spiro atoms. The third-order valence-electron chi connectivity index (χ3n) is 1.85. The summed E-state index contributed by atoms with van der Waals surface area (Å²) in [7, 11) is 0. The summed E-state index contributed by atoms with van der Waals surface area (Å²) in [5.74, 6) is -1.22. The number of halogens is 1. The van der Waals surface area contributed by atoms with Gasteiger partial charge in [-0.2, -0.15) is 0 Å². The van der Waals surface area contributed by atoms with Gasteiger partial charge in [0.2, 0.25) is 0 Å². The van der Waals surface area contributed by atoms with Gasteiger partial charge in [-0.25, -0.2) is 0 Å². The SMILES string of the molecule is CCC(=O)c1cc(Br)cc([N+](=O)[O-])c1[O-]. The first-order valence-electron chi connectivity index (χ1n) is 4.15. The zero-order chi connectivity index (χ0) is 11.6. The van der Waals surface area contributed by atoms with Crippen molar-refractivity contribution in [3.8, 4) is 5.75 Å². The van der Waals surface area contributed by atoms with E-state index in [1.165, 1.54) is 6.07 Å². The highest BCUT2D eigenvalue weighted by Gasteiger charge is 2.15. The fourth-order valence-electron chi connectivity index (χ4n) is 1.11. The Morgan fingerprint density at radius 1 is 1.53 bits per heavy atom. The molecule has 1 aromatic carbocycles. The molecule has 15 heavy (non-hydrogen) atoms. The molecule has 6 heteroatoms. The molecule has 5 nitrogen and oxygen atoms in total. The highest BCUT2D eigenvalue weighted by molar-refractivity contribution is 9.10. The molecule has 0 saturated carbocycles. The first-order chi connectivity index (χ1) is 6.97. The maximum Gasteiger partial charge on any atom is 0.263 e. The van der Waals surface area contributed by atoms with E-state index in [0.29, 0.717) is 4.47 Å². The predicted octanol–water partition coefficient (Wildman–Crippen LogP) is 2.02. The number of carbonyl (C=O) groups is 1. The molecule has 0 aromatic heterocycles. The second-order valence-corrected chi connectivity index (χ2v) is 3.75. The van der Waals surface area contributed by atoms with E-state index in [4.69, 9.17) is 0 Å². The average molecular weight is 273 g/mol. The van der Waals surface area contributed by atoms with Gasteiger partial charge >= 0.3 is 0 Å². The maximum absolute atomic E-state index is 11.5. The van der Waals surface area contributed by atoms with Crippen LogP contribution in [0.25, 0.3) is 0 Å². The van der Waals surface area contributed by atoms with Crippen molar-refractivity contribution in [2.24, 2.45) is 0 Å². The molecule has 0 fully saturated rings. The lowest BCUT2D eigenvalue weighted by Gasteiger charge is -2.12. The molecule has 0 aliphatic carbocycles. The van der Waals surface area contributed by atoms with Crippen LogP contribution in [-0.4, -0.2) is 10.7 Å². The minimum Gasteiger partial charge on any atom is -0.867 e. The van der Waals surface area contributed by atoms with Crippen LogP contribution in [0.4, 0.5) is 5.69 Å². The lowest BCUT2D eigenvalue weighted by atomic mass is 10.1. The average Bonchev–Trinajstić information content (AvgIpc) is 2.19. The van der Waals surface area contributed by atoms with E-state index in [1.807, 2.05) is 0 Å². The number of ketones is 1. The first-order valence-corrected chi connectivity index (χ1v) is 4.94. The van der Waals surface area contributed by atoms with Gasteiger partial charge in [-0.3, -0.25) is 14.9 Å². The molecule has 0 aliphatic rings.